The van der Waals surface area contributed by atoms with E-state index in [9.17, 15) is 5.11 Å². The molecule has 2 aromatic rings. The molecule has 1 atom stereocenters. The third-order valence-corrected chi connectivity index (χ3v) is 4.88. The maximum atomic E-state index is 10.1. The fourth-order valence-corrected chi connectivity index (χ4v) is 2.67. The van der Waals surface area contributed by atoms with Crippen molar-refractivity contribution in [2.45, 2.75) is 6.10 Å². The summed E-state index contributed by atoms with van der Waals surface area (Å²) in [5.74, 6) is 0. The lowest BCUT2D eigenvalue weighted by Crippen LogP contribution is -1.96. The van der Waals surface area contributed by atoms with E-state index in [-0.39, 0.29) is 0 Å². The molecule has 4 heteroatoms. The summed E-state index contributed by atoms with van der Waals surface area (Å²) in [5.41, 5.74) is 0.896. The van der Waals surface area contributed by atoms with Crippen molar-refractivity contribution in [3.8, 4) is 0 Å². The quantitative estimate of drug-likeness (QED) is 0.855. The molecule has 0 saturated carbocycles. The Bertz CT molecular complexity index is 454. The van der Waals surface area contributed by atoms with Crippen molar-refractivity contribution in [3.63, 3.8) is 0 Å². The van der Waals surface area contributed by atoms with Gasteiger partial charge in [0, 0.05) is 13.8 Å². The van der Waals surface area contributed by atoms with Crippen LogP contribution < -0.4 is 0 Å². The van der Waals surface area contributed by atoms with Crippen LogP contribution in [0.1, 0.15) is 16.5 Å². The Balaban J connectivity index is 2.34. The lowest BCUT2D eigenvalue weighted by molar-refractivity contribution is 0.224. The summed E-state index contributed by atoms with van der Waals surface area (Å²) in [4.78, 5) is 0.962. The van der Waals surface area contributed by atoms with Gasteiger partial charge in [0.1, 0.15) is 6.10 Å². The molecule has 0 aliphatic rings. The van der Waals surface area contributed by atoms with Gasteiger partial charge in [-0.25, -0.2) is 0 Å². The molecular formula is C11H8Br2OS. The second-order valence-corrected chi connectivity index (χ2v) is 5.78. The van der Waals surface area contributed by atoms with Crippen molar-refractivity contribution in [1.29, 1.82) is 0 Å². The van der Waals surface area contributed by atoms with E-state index in [2.05, 4.69) is 31.9 Å². The van der Waals surface area contributed by atoms with Gasteiger partial charge in [-0.15, -0.1) is 11.3 Å². The molecule has 1 unspecified atom stereocenters. The molecule has 0 bridgehead atoms. The summed E-state index contributed by atoms with van der Waals surface area (Å²) in [6.45, 7) is 0. The number of halogens is 2. The monoisotopic (exact) mass is 346 g/mol. The van der Waals surface area contributed by atoms with Crippen molar-refractivity contribution in [2.24, 2.45) is 0 Å². The fraction of sp³-hybridized carbons (Fsp3) is 0.0909. The summed E-state index contributed by atoms with van der Waals surface area (Å²) >= 11 is 8.38. The van der Waals surface area contributed by atoms with E-state index in [1.807, 2.05) is 35.7 Å². The Hall–Kier alpha value is -0.160. The highest BCUT2D eigenvalue weighted by Gasteiger charge is 2.12. The molecular weight excluding hydrogens is 340 g/mol. The minimum Gasteiger partial charge on any atom is -0.383 e. The molecule has 78 valence electrons. The van der Waals surface area contributed by atoms with Crippen molar-refractivity contribution in [3.05, 3.63) is 55.1 Å². The molecule has 0 amide bonds. The van der Waals surface area contributed by atoms with Crippen LogP contribution in [0.25, 0.3) is 0 Å². The van der Waals surface area contributed by atoms with Gasteiger partial charge in [-0.05, 0) is 61.0 Å². The van der Waals surface area contributed by atoms with E-state index in [0.717, 1.165) is 19.4 Å². The second kappa shape index (κ2) is 4.78. The molecule has 0 radical (unpaired) electrons. The number of aliphatic hydroxyl groups excluding tert-OH is 1. The number of hydrogen-bond donors (Lipinski definition) is 1. The minimum atomic E-state index is -0.533. The molecule has 15 heavy (non-hydrogen) atoms. The van der Waals surface area contributed by atoms with Crippen LogP contribution in [0.2, 0.25) is 0 Å². The predicted molar refractivity (Wildman–Crippen MR) is 70.2 cm³/mol. The topological polar surface area (TPSA) is 20.2 Å². The average molecular weight is 348 g/mol. The van der Waals surface area contributed by atoms with E-state index >= 15 is 0 Å². The van der Waals surface area contributed by atoms with Crippen molar-refractivity contribution < 1.29 is 5.11 Å². The summed E-state index contributed by atoms with van der Waals surface area (Å²) in [5, 5.41) is 12.0. The van der Waals surface area contributed by atoms with E-state index in [1.165, 1.54) is 0 Å². The summed E-state index contributed by atoms with van der Waals surface area (Å²) in [6.07, 6.45) is -0.533. The number of thiophene rings is 1. The maximum absolute atomic E-state index is 10.1. The van der Waals surface area contributed by atoms with E-state index in [1.54, 1.807) is 11.3 Å². The van der Waals surface area contributed by atoms with Gasteiger partial charge in [0.25, 0.3) is 0 Å². The van der Waals surface area contributed by atoms with Gasteiger partial charge in [-0.1, -0.05) is 12.1 Å². The molecule has 1 aromatic carbocycles. The van der Waals surface area contributed by atoms with Crippen molar-refractivity contribution >= 4 is 43.2 Å². The van der Waals surface area contributed by atoms with Crippen molar-refractivity contribution in [2.75, 3.05) is 0 Å². The highest BCUT2D eigenvalue weighted by Crippen LogP contribution is 2.30. The Morgan fingerprint density at radius 3 is 2.53 bits per heavy atom. The predicted octanol–water partition coefficient (Wildman–Crippen LogP) is 4.35. The Morgan fingerprint density at radius 2 is 1.93 bits per heavy atom. The first-order valence-corrected chi connectivity index (χ1v) is 6.81. The molecule has 1 aromatic heterocycles. The minimum absolute atomic E-state index is 0.533. The summed E-state index contributed by atoms with van der Waals surface area (Å²) in [6, 6.07) is 9.65. The largest absolute Gasteiger partial charge is 0.383 e. The summed E-state index contributed by atoms with van der Waals surface area (Å²) in [7, 11) is 0. The molecule has 0 fully saturated rings. The van der Waals surface area contributed by atoms with Crippen LogP contribution in [-0.4, -0.2) is 5.11 Å². The average Bonchev–Trinajstić information content (AvgIpc) is 2.74. The van der Waals surface area contributed by atoms with Gasteiger partial charge >= 0.3 is 0 Å². The maximum Gasteiger partial charge on any atom is 0.113 e. The van der Waals surface area contributed by atoms with E-state index < -0.39 is 6.10 Å². The number of hydrogen-bond acceptors (Lipinski definition) is 2. The zero-order valence-corrected chi connectivity index (χ0v) is 11.6. The Morgan fingerprint density at radius 1 is 1.13 bits per heavy atom. The molecule has 0 saturated heterocycles. The molecule has 0 aliphatic carbocycles. The third-order valence-electron chi connectivity index (χ3n) is 2.07. The van der Waals surface area contributed by atoms with Gasteiger partial charge in [0.15, 0.2) is 0 Å². The van der Waals surface area contributed by atoms with Crippen LogP contribution in [-0.2, 0) is 0 Å². The third kappa shape index (κ3) is 2.50. The first kappa shape index (κ1) is 11.3. The Kier molecular flexibility index (Phi) is 3.61. The lowest BCUT2D eigenvalue weighted by atomic mass is 10.1. The zero-order valence-electron chi connectivity index (χ0n) is 7.65. The first-order valence-electron chi connectivity index (χ1n) is 4.35. The van der Waals surface area contributed by atoms with Gasteiger partial charge in [-0.3, -0.25) is 0 Å². The van der Waals surface area contributed by atoms with Gasteiger partial charge in [-0.2, -0.15) is 0 Å². The molecule has 1 N–H and O–H groups in total. The normalized spacial score (nSPS) is 12.7. The van der Waals surface area contributed by atoms with Crippen LogP contribution in [0.5, 0.6) is 0 Å². The number of benzene rings is 1. The zero-order chi connectivity index (χ0) is 10.8. The van der Waals surface area contributed by atoms with Crippen LogP contribution >= 0.6 is 43.2 Å². The number of aliphatic hydroxyl groups is 1. The molecule has 2 rings (SSSR count). The van der Waals surface area contributed by atoms with Crippen LogP contribution in [0.4, 0.5) is 0 Å². The van der Waals surface area contributed by atoms with E-state index in [0.29, 0.717) is 0 Å². The van der Waals surface area contributed by atoms with Gasteiger partial charge < -0.3 is 5.11 Å². The van der Waals surface area contributed by atoms with Crippen LogP contribution in [0.3, 0.4) is 0 Å². The molecule has 0 aliphatic heterocycles. The summed E-state index contributed by atoms with van der Waals surface area (Å²) < 4.78 is 1.94. The molecule has 1 heterocycles. The van der Waals surface area contributed by atoms with Crippen LogP contribution in [0.15, 0.2) is 44.7 Å². The second-order valence-electron chi connectivity index (χ2n) is 3.09. The first-order chi connectivity index (χ1) is 7.18. The standard InChI is InChI=1S/C11H8Br2OS/c12-8-4-3-7(6-9(8)13)11(14)10-2-1-5-15-10/h1-6,11,14H. The molecule has 1 nitrogen and oxygen atoms in total. The smallest absolute Gasteiger partial charge is 0.113 e. The van der Waals surface area contributed by atoms with Gasteiger partial charge in [0.2, 0.25) is 0 Å². The van der Waals surface area contributed by atoms with Gasteiger partial charge in [0.05, 0.1) is 0 Å². The highest BCUT2D eigenvalue weighted by molar-refractivity contribution is 9.13. The lowest BCUT2D eigenvalue weighted by Gasteiger charge is -2.09. The Labute approximate surface area is 109 Å². The molecule has 0 spiro atoms. The van der Waals surface area contributed by atoms with E-state index in [4.69, 9.17) is 0 Å². The van der Waals surface area contributed by atoms with Crippen molar-refractivity contribution in [1.82, 2.24) is 0 Å². The van der Waals surface area contributed by atoms with Crippen LogP contribution in [0, 0.1) is 0 Å². The fourth-order valence-electron chi connectivity index (χ4n) is 1.29. The highest BCUT2D eigenvalue weighted by atomic mass is 79.9. The number of rotatable bonds is 2. The SMILES string of the molecule is OC(c1ccc(Br)c(Br)c1)c1cccs1.